The van der Waals surface area contributed by atoms with E-state index in [1.807, 2.05) is 41.5 Å². The summed E-state index contributed by atoms with van der Waals surface area (Å²) < 4.78 is 13.3. The number of amides is 5. The number of anilines is 1. The fraction of sp³-hybridized carbons (Fsp3) is 0.452. The van der Waals surface area contributed by atoms with Crippen LogP contribution in [0.25, 0.3) is 0 Å². The zero-order valence-corrected chi connectivity index (χ0v) is 25.7. The van der Waals surface area contributed by atoms with E-state index in [0.29, 0.717) is 41.0 Å². The summed E-state index contributed by atoms with van der Waals surface area (Å²) in [4.78, 5) is 62.1. The number of hydrogen-bond acceptors (Lipinski definition) is 5. The van der Waals surface area contributed by atoms with Gasteiger partial charge in [0.15, 0.2) is 0 Å². The molecule has 11 heteroatoms. The van der Waals surface area contributed by atoms with E-state index in [1.165, 1.54) is 36.1 Å². The van der Waals surface area contributed by atoms with Crippen LogP contribution in [0.2, 0.25) is 0 Å². The monoisotopic (exact) mass is 588 g/mol. The number of nitrogens with zero attached hydrogens (tertiary/aromatic N) is 2. The molecule has 3 N–H and O–H groups in total. The van der Waals surface area contributed by atoms with E-state index < -0.39 is 36.2 Å². The van der Waals surface area contributed by atoms with Crippen molar-refractivity contribution in [3.63, 3.8) is 0 Å². The van der Waals surface area contributed by atoms with Crippen molar-refractivity contribution in [3.05, 3.63) is 65.0 Å². The summed E-state index contributed by atoms with van der Waals surface area (Å²) in [5, 5.41) is 14.9. The van der Waals surface area contributed by atoms with E-state index in [-0.39, 0.29) is 25.5 Å². The Morgan fingerprint density at radius 2 is 1.62 bits per heavy atom. The number of imide groups is 1. The number of carbonyl (C=O) groups excluding carboxylic acids is 4. The number of fused-ring (bicyclic) bond motifs is 1. The summed E-state index contributed by atoms with van der Waals surface area (Å²) in [7, 11) is 0. The van der Waals surface area contributed by atoms with Crippen LogP contribution in [0, 0.1) is 5.82 Å². The number of aryl methyl sites for hydroxylation is 1. The number of rotatable bonds is 10. The second-order valence-electron chi connectivity index (χ2n) is 8.40. The predicted octanol–water partition coefficient (Wildman–Crippen LogP) is 5.17. The van der Waals surface area contributed by atoms with Crippen molar-refractivity contribution in [2.75, 3.05) is 25.0 Å². The number of hydrogen-bond donors (Lipinski definition) is 3. The van der Waals surface area contributed by atoms with Crippen molar-refractivity contribution in [2.24, 2.45) is 0 Å². The lowest BCUT2D eigenvalue weighted by atomic mass is 9.99. The molecule has 0 spiro atoms. The molecule has 10 nitrogen and oxygen atoms in total. The fourth-order valence-corrected chi connectivity index (χ4v) is 4.16. The zero-order valence-electron chi connectivity index (χ0n) is 25.7. The molecule has 1 aliphatic rings. The molecule has 1 aliphatic carbocycles. The minimum Gasteiger partial charge on any atom is -0.465 e. The number of carbonyl (C=O) groups is 5. The molecule has 0 aliphatic heterocycles. The van der Waals surface area contributed by atoms with E-state index in [0.717, 1.165) is 5.56 Å². The quantitative estimate of drug-likeness (QED) is 0.328. The standard InChI is InChI=1S/C25H27FN4O6.3C2H6/c1-16(32)27-10-11-29(13-17-2-5-19(26)6-3-17)23(33)14-30(25(35)36)24(34)22-8-4-18-12-20(28-15-31)7-9-21(18)22;3*1-2/h2-3,5-7,9,12,15,22H,4,8,10-11,13-14H2,1H3,(H,27,32)(H,28,31)(H,35,36);3*1-2H3. The largest absolute Gasteiger partial charge is 0.465 e. The molecule has 2 aromatic carbocycles. The Hall–Kier alpha value is -4.28. The van der Waals surface area contributed by atoms with Gasteiger partial charge in [0.25, 0.3) is 0 Å². The third-order valence-corrected chi connectivity index (χ3v) is 5.93. The molecule has 0 aromatic heterocycles. The van der Waals surface area contributed by atoms with Crippen molar-refractivity contribution in [1.29, 1.82) is 0 Å². The van der Waals surface area contributed by atoms with Crippen LogP contribution >= 0.6 is 0 Å². The molecule has 0 radical (unpaired) electrons. The van der Waals surface area contributed by atoms with E-state index in [2.05, 4.69) is 10.6 Å². The molecule has 2 aromatic rings. The van der Waals surface area contributed by atoms with Gasteiger partial charge in [0, 0.05) is 32.2 Å². The van der Waals surface area contributed by atoms with E-state index in [9.17, 15) is 33.5 Å². The Bertz CT molecular complexity index is 1160. The molecule has 0 heterocycles. The van der Waals surface area contributed by atoms with Crippen molar-refractivity contribution in [1.82, 2.24) is 15.1 Å². The van der Waals surface area contributed by atoms with Crippen LogP contribution in [0.4, 0.5) is 14.9 Å². The summed E-state index contributed by atoms with van der Waals surface area (Å²) in [5.41, 5.74) is 2.65. The molecule has 3 rings (SSSR count). The average Bonchev–Trinajstić information content (AvgIpc) is 3.42. The molecule has 1 unspecified atom stereocenters. The molecule has 232 valence electrons. The predicted molar refractivity (Wildman–Crippen MR) is 161 cm³/mol. The Balaban J connectivity index is 0.00000263. The molecule has 1 atom stereocenters. The first kappa shape index (κ1) is 37.7. The number of nitrogens with one attached hydrogen (secondary N) is 2. The molecule has 0 saturated carbocycles. The topological polar surface area (TPSA) is 136 Å². The van der Waals surface area contributed by atoms with Gasteiger partial charge in [-0.25, -0.2) is 14.1 Å². The Labute approximate surface area is 248 Å². The van der Waals surface area contributed by atoms with Gasteiger partial charge in [0.05, 0.1) is 5.92 Å². The normalized spacial score (nSPS) is 12.3. The molecule has 42 heavy (non-hydrogen) atoms. The van der Waals surface area contributed by atoms with Crippen LogP contribution in [0.15, 0.2) is 42.5 Å². The van der Waals surface area contributed by atoms with Gasteiger partial charge in [-0.3, -0.25) is 19.2 Å². The maximum absolute atomic E-state index is 13.3. The molecular weight excluding hydrogens is 543 g/mol. The first-order valence-corrected chi connectivity index (χ1v) is 14.3. The average molecular weight is 589 g/mol. The SMILES string of the molecule is CC.CC.CC.CC(=O)NCCN(Cc1ccc(F)cc1)C(=O)CN(C(=O)O)C(=O)C1CCc2cc(NC=O)ccc21. The Kier molecular flexibility index (Phi) is 18.5. The Morgan fingerprint density at radius 3 is 2.17 bits per heavy atom. The lowest BCUT2D eigenvalue weighted by molar-refractivity contribution is -0.140. The van der Waals surface area contributed by atoms with Gasteiger partial charge in [-0.2, -0.15) is 0 Å². The van der Waals surface area contributed by atoms with Gasteiger partial charge in [-0.15, -0.1) is 0 Å². The minimum atomic E-state index is -1.55. The second kappa shape index (κ2) is 20.6. The van der Waals surface area contributed by atoms with E-state index in [4.69, 9.17) is 0 Å². The zero-order chi connectivity index (χ0) is 32.2. The van der Waals surface area contributed by atoms with Crippen LogP contribution in [-0.2, 0) is 32.1 Å². The van der Waals surface area contributed by atoms with Crippen LogP contribution in [0.5, 0.6) is 0 Å². The fourth-order valence-electron chi connectivity index (χ4n) is 4.16. The lowest BCUT2D eigenvalue weighted by Crippen LogP contribution is -2.47. The third kappa shape index (κ3) is 11.7. The Morgan fingerprint density at radius 1 is 1.00 bits per heavy atom. The maximum atomic E-state index is 13.3. The highest BCUT2D eigenvalue weighted by Crippen LogP contribution is 2.36. The summed E-state index contributed by atoms with van der Waals surface area (Å²) >= 11 is 0. The highest BCUT2D eigenvalue weighted by Gasteiger charge is 2.36. The van der Waals surface area contributed by atoms with Gasteiger partial charge < -0.3 is 20.6 Å². The molecular formula is C31H45FN4O6. The number of benzene rings is 2. The number of halogens is 1. The molecule has 0 saturated heterocycles. The van der Waals surface area contributed by atoms with Gasteiger partial charge in [-0.1, -0.05) is 59.7 Å². The summed E-state index contributed by atoms with van der Waals surface area (Å²) in [6.07, 6.45) is -0.113. The number of carboxylic acid groups (broad SMARTS) is 1. The van der Waals surface area contributed by atoms with Gasteiger partial charge in [0.2, 0.25) is 24.1 Å². The van der Waals surface area contributed by atoms with Crippen molar-refractivity contribution < 1.29 is 33.5 Å². The second-order valence-corrected chi connectivity index (χ2v) is 8.40. The highest BCUT2D eigenvalue weighted by atomic mass is 19.1. The van der Waals surface area contributed by atoms with Gasteiger partial charge >= 0.3 is 6.09 Å². The minimum absolute atomic E-state index is 0.0408. The molecule has 0 fully saturated rings. The molecule has 5 amide bonds. The van der Waals surface area contributed by atoms with Crippen LogP contribution < -0.4 is 10.6 Å². The molecule has 0 bridgehead atoms. The van der Waals surface area contributed by atoms with Crippen LogP contribution in [-0.4, -0.2) is 64.8 Å². The van der Waals surface area contributed by atoms with Gasteiger partial charge in [-0.05, 0) is 53.8 Å². The van der Waals surface area contributed by atoms with E-state index >= 15 is 0 Å². The smallest absolute Gasteiger partial charge is 0.414 e. The summed E-state index contributed by atoms with van der Waals surface area (Å²) in [6.45, 7) is 12.9. The third-order valence-electron chi connectivity index (χ3n) is 5.93. The first-order valence-electron chi connectivity index (χ1n) is 14.3. The first-order chi connectivity index (χ1) is 20.2. The van der Waals surface area contributed by atoms with Crippen molar-refractivity contribution >= 4 is 35.9 Å². The van der Waals surface area contributed by atoms with Gasteiger partial charge in [0.1, 0.15) is 12.4 Å². The lowest BCUT2D eigenvalue weighted by Gasteiger charge is -2.27. The highest BCUT2D eigenvalue weighted by molar-refractivity contribution is 5.99. The van der Waals surface area contributed by atoms with Crippen molar-refractivity contribution in [3.8, 4) is 0 Å². The summed E-state index contributed by atoms with van der Waals surface area (Å²) in [6, 6.07) is 10.5. The van der Waals surface area contributed by atoms with E-state index in [1.54, 1.807) is 18.2 Å². The summed E-state index contributed by atoms with van der Waals surface area (Å²) in [5.74, 6) is -2.82. The van der Waals surface area contributed by atoms with Crippen LogP contribution in [0.1, 0.15) is 77.5 Å². The van der Waals surface area contributed by atoms with Crippen LogP contribution in [0.3, 0.4) is 0 Å². The van der Waals surface area contributed by atoms with Crippen molar-refractivity contribution in [2.45, 2.75) is 73.8 Å². The maximum Gasteiger partial charge on any atom is 0.414 e.